The number of benzene rings is 1. The predicted molar refractivity (Wildman–Crippen MR) is 114 cm³/mol. The first-order valence-electron chi connectivity index (χ1n) is 9.71. The highest BCUT2D eigenvalue weighted by atomic mass is 35.5. The third-order valence-electron chi connectivity index (χ3n) is 4.58. The lowest BCUT2D eigenvalue weighted by molar-refractivity contribution is -0.129. The maximum atomic E-state index is 12.8. The summed E-state index contributed by atoms with van der Waals surface area (Å²) in [6.45, 7) is 2.45. The van der Waals surface area contributed by atoms with E-state index in [0.717, 1.165) is 5.56 Å². The van der Waals surface area contributed by atoms with Gasteiger partial charge in [-0.3, -0.25) is 9.48 Å². The van der Waals surface area contributed by atoms with Crippen LogP contribution in [0.15, 0.2) is 36.7 Å². The number of rotatable bonds is 10. The molecule has 0 aliphatic carbocycles. The average molecular weight is 449 g/mol. The van der Waals surface area contributed by atoms with Crippen molar-refractivity contribution in [3.8, 4) is 11.4 Å². The summed E-state index contributed by atoms with van der Waals surface area (Å²) in [5.41, 5.74) is 1.26. The zero-order chi connectivity index (χ0) is 22.4. The fourth-order valence-corrected chi connectivity index (χ4v) is 3.05. The van der Waals surface area contributed by atoms with Crippen LogP contribution in [0, 0.1) is 0 Å². The molecule has 12 heteroatoms. The van der Waals surface area contributed by atoms with Gasteiger partial charge in [0.1, 0.15) is 0 Å². The summed E-state index contributed by atoms with van der Waals surface area (Å²) >= 11 is 5.91. The summed E-state index contributed by atoms with van der Waals surface area (Å²) in [4.78, 5) is 19.1. The van der Waals surface area contributed by atoms with E-state index in [-0.39, 0.29) is 12.5 Å². The van der Waals surface area contributed by atoms with E-state index in [1.54, 1.807) is 42.2 Å². The molecule has 0 aliphatic heterocycles. The molecule has 0 fully saturated rings. The van der Waals surface area contributed by atoms with Gasteiger partial charge in [-0.15, -0.1) is 10.2 Å². The third kappa shape index (κ3) is 6.07. The molecular formula is C19H25ClN8O3. The van der Waals surface area contributed by atoms with Gasteiger partial charge in [-0.25, -0.2) is 0 Å². The first-order chi connectivity index (χ1) is 14.9. The second kappa shape index (κ2) is 10.4. The number of anilines is 1. The Bertz CT molecular complexity index is 990. The van der Waals surface area contributed by atoms with Gasteiger partial charge in [0.2, 0.25) is 5.82 Å². The monoisotopic (exact) mass is 448 g/mol. The topological polar surface area (TPSA) is 123 Å². The molecule has 0 spiro atoms. The predicted octanol–water partition coefficient (Wildman–Crippen LogP) is 1.63. The highest BCUT2D eigenvalue weighted by molar-refractivity contribution is 6.30. The van der Waals surface area contributed by atoms with Gasteiger partial charge >= 0.3 is 0 Å². The quantitative estimate of drug-likeness (QED) is 0.448. The van der Waals surface area contributed by atoms with Crippen molar-refractivity contribution < 1.29 is 14.7 Å². The van der Waals surface area contributed by atoms with Crippen LogP contribution in [0.4, 0.5) is 5.69 Å². The normalized spacial score (nSPS) is 13.4. The SMILES string of the molecule is CC[C@H](C(=O)Nc1cnn(C[C@@H](O)CN(C)OC)c1)n1nnc(-c2ccc(Cl)cc2)n1. The van der Waals surface area contributed by atoms with Crippen LogP contribution in [0.25, 0.3) is 11.4 Å². The molecule has 0 aliphatic rings. The Morgan fingerprint density at radius 3 is 2.77 bits per heavy atom. The Hall–Kier alpha value is -2.86. The molecule has 2 atom stereocenters. The van der Waals surface area contributed by atoms with E-state index in [2.05, 4.69) is 25.8 Å². The largest absolute Gasteiger partial charge is 0.390 e. The number of aliphatic hydroxyl groups is 1. The molecule has 11 nitrogen and oxygen atoms in total. The van der Waals surface area contributed by atoms with E-state index in [1.165, 1.54) is 23.2 Å². The molecule has 2 aromatic heterocycles. The van der Waals surface area contributed by atoms with Crippen LogP contribution in [0.3, 0.4) is 0 Å². The summed E-state index contributed by atoms with van der Waals surface area (Å²) in [6, 6.07) is 6.42. The van der Waals surface area contributed by atoms with Gasteiger partial charge in [0.25, 0.3) is 5.91 Å². The number of hydrogen-bond acceptors (Lipinski definition) is 8. The fraction of sp³-hybridized carbons (Fsp3) is 0.421. The molecule has 166 valence electrons. The second-order valence-electron chi connectivity index (χ2n) is 6.95. The molecule has 3 aromatic rings. The van der Waals surface area contributed by atoms with Crippen molar-refractivity contribution in [3.05, 3.63) is 41.7 Å². The van der Waals surface area contributed by atoms with Crippen LogP contribution in [0.1, 0.15) is 19.4 Å². The zero-order valence-corrected chi connectivity index (χ0v) is 18.3. The standard InChI is InChI=1S/C19H25ClN8O3/c1-4-17(28-24-18(23-25-28)13-5-7-14(20)8-6-13)19(30)22-15-9-21-27(10-15)12-16(29)11-26(2)31-3/h5-10,16-17,29H,4,11-12H2,1-3H3,(H,22,30)/t16-,17+/m0/s1. The third-order valence-corrected chi connectivity index (χ3v) is 4.83. The Morgan fingerprint density at radius 2 is 2.10 bits per heavy atom. The van der Waals surface area contributed by atoms with E-state index in [4.69, 9.17) is 16.4 Å². The van der Waals surface area contributed by atoms with Crippen molar-refractivity contribution in [3.63, 3.8) is 0 Å². The lowest BCUT2D eigenvalue weighted by atomic mass is 10.2. The number of likely N-dealkylation sites (N-methyl/N-ethyl adjacent to an activating group) is 1. The average Bonchev–Trinajstić information content (AvgIpc) is 3.39. The molecule has 0 unspecified atom stereocenters. The molecule has 0 bridgehead atoms. The van der Waals surface area contributed by atoms with Crippen molar-refractivity contribution in [1.29, 1.82) is 0 Å². The summed E-state index contributed by atoms with van der Waals surface area (Å²) < 4.78 is 1.55. The van der Waals surface area contributed by atoms with Gasteiger partial charge < -0.3 is 15.3 Å². The number of aliphatic hydroxyl groups excluding tert-OH is 1. The Labute approximate surface area is 184 Å². The lowest BCUT2D eigenvalue weighted by Gasteiger charge is -2.17. The fourth-order valence-electron chi connectivity index (χ4n) is 2.92. The first-order valence-corrected chi connectivity index (χ1v) is 10.1. The number of halogens is 1. The second-order valence-corrected chi connectivity index (χ2v) is 7.39. The van der Waals surface area contributed by atoms with Crippen molar-refractivity contribution in [1.82, 2.24) is 35.1 Å². The van der Waals surface area contributed by atoms with E-state index in [1.807, 2.05) is 6.92 Å². The summed E-state index contributed by atoms with van der Waals surface area (Å²) in [5, 5.41) is 31.6. The van der Waals surface area contributed by atoms with Gasteiger partial charge in [0, 0.05) is 23.8 Å². The summed E-state index contributed by atoms with van der Waals surface area (Å²) in [6.07, 6.45) is 2.96. The van der Waals surface area contributed by atoms with Crippen LogP contribution < -0.4 is 5.32 Å². The molecular weight excluding hydrogens is 424 g/mol. The molecule has 0 saturated carbocycles. The van der Waals surface area contributed by atoms with Crippen molar-refractivity contribution in [2.24, 2.45) is 0 Å². The van der Waals surface area contributed by atoms with Gasteiger partial charge in [-0.05, 0) is 35.9 Å². The van der Waals surface area contributed by atoms with Gasteiger partial charge in [-0.1, -0.05) is 18.5 Å². The van der Waals surface area contributed by atoms with E-state index in [9.17, 15) is 9.90 Å². The number of amides is 1. The van der Waals surface area contributed by atoms with Crippen LogP contribution >= 0.6 is 11.6 Å². The maximum absolute atomic E-state index is 12.8. The summed E-state index contributed by atoms with van der Waals surface area (Å²) in [5.74, 6) is 0.118. The van der Waals surface area contributed by atoms with Gasteiger partial charge in [0.05, 0.1) is 38.2 Å². The molecule has 1 aromatic carbocycles. The molecule has 2 heterocycles. The Balaban J connectivity index is 1.63. The number of tetrazole rings is 1. The van der Waals surface area contributed by atoms with E-state index < -0.39 is 12.1 Å². The molecule has 0 radical (unpaired) electrons. The van der Waals surface area contributed by atoms with Crippen molar-refractivity contribution in [2.45, 2.75) is 32.0 Å². The van der Waals surface area contributed by atoms with Crippen molar-refractivity contribution >= 4 is 23.2 Å². The minimum Gasteiger partial charge on any atom is -0.390 e. The van der Waals surface area contributed by atoms with Crippen molar-refractivity contribution in [2.75, 3.05) is 26.0 Å². The van der Waals surface area contributed by atoms with Gasteiger partial charge in [-0.2, -0.15) is 15.0 Å². The molecule has 1 amide bonds. The Kier molecular flexibility index (Phi) is 7.69. The van der Waals surface area contributed by atoms with Gasteiger partial charge in [0.15, 0.2) is 6.04 Å². The van der Waals surface area contributed by atoms with Crippen LogP contribution in [-0.2, 0) is 16.2 Å². The molecule has 2 N–H and O–H groups in total. The number of nitrogens with zero attached hydrogens (tertiary/aromatic N) is 7. The van der Waals surface area contributed by atoms with Crippen LogP contribution in [0.2, 0.25) is 5.02 Å². The number of carbonyl (C=O) groups excluding carboxylic acids is 1. The number of hydroxylamine groups is 2. The highest BCUT2D eigenvalue weighted by Gasteiger charge is 2.23. The summed E-state index contributed by atoms with van der Waals surface area (Å²) in [7, 11) is 3.25. The number of nitrogens with one attached hydrogen (secondary N) is 1. The van der Waals surface area contributed by atoms with E-state index >= 15 is 0 Å². The minimum absolute atomic E-state index is 0.260. The number of aromatic nitrogens is 6. The minimum atomic E-state index is -0.678. The van der Waals surface area contributed by atoms with Crippen LogP contribution in [0.5, 0.6) is 0 Å². The molecule has 0 saturated heterocycles. The Morgan fingerprint density at radius 1 is 1.35 bits per heavy atom. The highest BCUT2D eigenvalue weighted by Crippen LogP contribution is 2.19. The maximum Gasteiger partial charge on any atom is 0.251 e. The number of carbonyl (C=O) groups is 1. The molecule has 3 rings (SSSR count). The van der Waals surface area contributed by atoms with E-state index in [0.29, 0.717) is 29.5 Å². The first kappa shape index (κ1) is 22.8. The smallest absolute Gasteiger partial charge is 0.251 e. The zero-order valence-electron chi connectivity index (χ0n) is 17.5. The number of hydrogen-bond donors (Lipinski definition) is 2. The van der Waals surface area contributed by atoms with Crippen LogP contribution in [-0.4, -0.2) is 72.9 Å². The molecule has 31 heavy (non-hydrogen) atoms. The lowest BCUT2D eigenvalue weighted by Crippen LogP contribution is -2.31.